The van der Waals surface area contributed by atoms with Crippen molar-refractivity contribution >= 4 is 27.7 Å². The highest BCUT2D eigenvalue weighted by atomic mass is 79.9. The normalized spacial score (nSPS) is 14.8. The molecular weight excluding hydrogens is 282 g/mol. The average molecular weight is 302 g/mol. The molecule has 0 aromatic heterocycles. The highest BCUT2D eigenvalue weighted by molar-refractivity contribution is 9.10. The third-order valence-electron chi connectivity index (χ3n) is 2.60. The van der Waals surface area contributed by atoms with E-state index in [1.807, 2.05) is 11.8 Å². The van der Waals surface area contributed by atoms with Gasteiger partial charge in [-0.05, 0) is 43.0 Å². The van der Waals surface area contributed by atoms with Crippen LogP contribution in [0, 0.1) is 5.92 Å². The number of thioether (sulfide) groups is 1. The topological polar surface area (TPSA) is 12.0 Å². The Bertz CT molecular complexity index is 317. The lowest BCUT2D eigenvalue weighted by molar-refractivity contribution is 0.500. The van der Waals surface area contributed by atoms with E-state index in [9.17, 15) is 0 Å². The molecule has 1 aromatic rings. The van der Waals surface area contributed by atoms with Gasteiger partial charge in [0, 0.05) is 10.5 Å². The molecule has 16 heavy (non-hydrogen) atoms. The van der Waals surface area contributed by atoms with E-state index in [1.165, 1.54) is 15.8 Å². The summed E-state index contributed by atoms with van der Waals surface area (Å²) in [6.07, 6.45) is 2.16. The van der Waals surface area contributed by atoms with Gasteiger partial charge in [0.2, 0.25) is 0 Å². The lowest BCUT2D eigenvalue weighted by Crippen LogP contribution is -2.25. The summed E-state index contributed by atoms with van der Waals surface area (Å²) in [5, 5.41) is 3.58. The Morgan fingerprint density at radius 3 is 2.62 bits per heavy atom. The predicted molar refractivity (Wildman–Crippen MR) is 78.1 cm³/mol. The first-order chi connectivity index (χ1) is 7.65. The third kappa shape index (κ3) is 4.48. The smallest absolute Gasteiger partial charge is 0.0303 e. The van der Waals surface area contributed by atoms with Gasteiger partial charge in [-0.15, -0.1) is 0 Å². The minimum atomic E-state index is 0.403. The molecule has 2 atom stereocenters. The van der Waals surface area contributed by atoms with Gasteiger partial charge in [0.05, 0.1) is 0 Å². The molecule has 1 rings (SSSR count). The van der Waals surface area contributed by atoms with Gasteiger partial charge in [-0.2, -0.15) is 11.8 Å². The van der Waals surface area contributed by atoms with Crippen molar-refractivity contribution in [2.75, 3.05) is 18.6 Å². The van der Waals surface area contributed by atoms with Gasteiger partial charge in [0.1, 0.15) is 0 Å². The molecule has 0 aliphatic heterocycles. The molecule has 0 spiro atoms. The lowest BCUT2D eigenvalue weighted by atomic mass is 10.1. The van der Waals surface area contributed by atoms with Crippen LogP contribution in [-0.2, 0) is 0 Å². The Morgan fingerprint density at radius 2 is 2.00 bits per heavy atom. The fraction of sp³-hybridized carbons (Fsp3) is 0.538. The van der Waals surface area contributed by atoms with Crippen LogP contribution < -0.4 is 5.32 Å². The number of nitrogens with one attached hydrogen (secondary N) is 1. The average Bonchev–Trinajstić information content (AvgIpc) is 2.27. The van der Waals surface area contributed by atoms with Crippen LogP contribution in [0.25, 0.3) is 0 Å². The van der Waals surface area contributed by atoms with Crippen molar-refractivity contribution in [3.63, 3.8) is 0 Å². The first-order valence-corrected chi connectivity index (χ1v) is 7.80. The fourth-order valence-electron chi connectivity index (χ4n) is 1.66. The summed E-state index contributed by atoms with van der Waals surface area (Å²) in [6, 6.07) is 8.81. The minimum absolute atomic E-state index is 0.403. The zero-order valence-electron chi connectivity index (χ0n) is 10.2. The van der Waals surface area contributed by atoms with Gasteiger partial charge >= 0.3 is 0 Å². The molecule has 1 aromatic carbocycles. The van der Waals surface area contributed by atoms with E-state index in [0.29, 0.717) is 6.04 Å². The number of halogens is 1. The maximum atomic E-state index is 3.59. The second-order valence-corrected chi connectivity index (χ2v) is 5.98. The molecule has 0 heterocycles. The Morgan fingerprint density at radius 1 is 1.31 bits per heavy atom. The maximum Gasteiger partial charge on any atom is 0.0303 e. The van der Waals surface area contributed by atoms with Crippen LogP contribution in [0.2, 0.25) is 0 Å². The van der Waals surface area contributed by atoms with Crippen molar-refractivity contribution in [2.45, 2.75) is 19.9 Å². The van der Waals surface area contributed by atoms with Crippen LogP contribution in [0.5, 0.6) is 0 Å². The molecule has 0 saturated heterocycles. The molecule has 0 radical (unpaired) electrons. The Kier molecular flexibility index (Phi) is 6.47. The summed E-state index contributed by atoms with van der Waals surface area (Å²) in [5.74, 6) is 1.94. The van der Waals surface area contributed by atoms with Gasteiger partial charge in [-0.1, -0.05) is 41.1 Å². The van der Waals surface area contributed by atoms with Crippen molar-refractivity contribution in [1.82, 2.24) is 5.32 Å². The highest BCUT2D eigenvalue weighted by Crippen LogP contribution is 2.22. The van der Waals surface area contributed by atoms with Crippen LogP contribution in [0.4, 0.5) is 0 Å². The van der Waals surface area contributed by atoms with E-state index in [2.05, 4.69) is 65.6 Å². The summed E-state index contributed by atoms with van der Waals surface area (Å²) in [5.41, 5.74) is 1.33. The highest BCUT2D eigenvalue weighted by Gasteiger charge is 2.09. The molecule has 2 unspecified atom stereocenters. The lowest BCUT2D eigenvalue weighted by Gasteiger charge is -2.18. The molecule has 0 aliphatic rings. The molecular formula is C13H20BrNS. The summed E-state index contributed by atoms with van der Waals surface area (Å²) in [4.78, 5) is 0. The molecule has 0 saturated carbocycles. The molecule has 0 fully saturated rings. The molecule has 3 heteroatoms. The molecule has 0 amide bonds. The van der Waals surface area contributed by atoms with Crippen molar-refractivity contribution in [3.05, 3.63) is 34.3 Å². The Balaban J connectivity index is 2.46. The van der Waals surface area contributed by atoms with Crippen molar-refractivity contribution < 1.29 is 0 Å². The van der Waals surface area contributed by atoms with Crippen LogP contribution in [0.15, 0.2) is 28.7 Å². The second kappa shape index (κ2) is 7.36. The van der Waals surface area contributed by atoms with Crippen LogP contribution in [0.1, 0.15) is 25.5 Å². The maximum absolute atomic E-state index is 3.59. The van der Waals surface area contributed by atoms with Crippen LogP contribution in [0.3, 0.4) is 0 Å². The molecule has 90 valence electrons. The molecule has 1 N–H and O–H groups in total. The van der Waals surface area contributed by atoms with Crippen LogP contribution in [-0.4, -0.2) is 18.6 Å². The van der Waals surface area contributed by atoms with Gasteiger partial charge in [-0.25, -0.2) is 0 Å². The molecule has 0 aliphatic carbocycles. The van der Waals surface area contributed by atoms with E-state index in [4.69, 9.17) is 0 Å². The summed E-state index contributed by atoms with van der Waals surface area (Å²) in [7, 11) is 0. The number of rotatable bonds is 6. The first-order valence-electron chi connectivity index (χ1n) is 5.62. The van der Waals surface area contributed by atoms with E-state index in [-0.39, 0.29) is 0 Å². The zero-order valence-corrected chi connectivity index (χ0v) is 12.6. The van der Waals surface area contributed by atoms with Crippen molar-refractivity contribution in [1.29, 1.82) is 0 Å². The molecule has 1 nitrogen and oxygen atoms in total. The van der Waals surface area contributed by atoms with E-state index < -0.39 is 0 Å². The van der Waals surface area contributed by atoms with Crippen molar-refractivity contribution in [2.24, 2.45) is 5.92 Å². The quantitative estimate of drug-likeness (QED) is 0.849. The first kappa shape index (κ1) is 14.1. The summed E-state index contributed by atoms with van der Waals surface area (Å²) < 4.78 is 1.19. The largest absolute Gasteiger partial charge is 0.310 e. The SMILES string of the molecule is CSCC(C)CNC(C)c1ccccc1Br. The van der Waals surface area contributed by atoms with Gasteiger partial charge in [-0.3, -0.25) is 0 Å². The third-order valence-corrected chi connectivity index (χ3v) is 4.22. The van der Waals surface area contributed by atoms with Gasteiger partial charge < -0.3 is 5.32 Å². The number of hydrogen-bond donors (Lipinski definition) is 1. The summed E-state index contributed by atoms with van der Waals surface area (Å²) >= 11 is 5.50. The van der Waals surface area contributed by atoms with Gasteiger partial charge in [0.15, 0.2) is 0 Å². The van der Waals surface area contributed by atoms with Gasteiger partial charge in [0.25, 0.3) is 0 Å². The summed E-state index contributed by atoms with van der Waals surface area (Å²) in [6.45, 7) is 5.57. The monoisotopic (exact) mass is 301 g/mol. The standard InChI is InChI=1S/C13H20BrNS/c1-10(9-16-3)8-15-11(2)12-6-4-5-7-13(12)14/h4-7,10-11,15H,8-9H2,1-3H3. The second-order valence-electron chi connectivity index (χ2n) is 4.21. The Labute approximate surface area is 112 Å². The van der Waals surface area contributed by atoms with E-state index >= 15 is 0 Å². The Hall–Kier alpha value is 0.01000. The number of hydrogen-bond acceptors (Lipinski definition) is 2. The minimum Gasteiger partial charge on any atom is -0.310 e. The fourth-order valence-corrected chi connectivity index (χ4v) is 2.97. The predicted octanol–water partition coefficient (Wildman–Crippen LogP) is 4.10. The van der Waals surface area contributed by atoms with E-state index in [0.717, 1.165) is 12.5 Å². The van der Waals surface area contributed by atoms with Crippen molar-refractivity contribution in [3.8, 4) is 0 Å². The number of benzene rings is 1. The molecule has 0 bridgehead atoms. The van der Waals surface area contributed by atoms with E-state index in [1.54, 1.807) is 0 Å². The zero-order chi connectivity index (χ0) is 12.0. The van der Waals surface area contributed by atoms with Crippen LogP contribution >= 0.6 is 27.7 Å².